The van der Waals surface area contributed by atoms with Crippen LogP contribution in [0.25, 0.3) is 6.08 Å². The number of hydrogen-bond acceptors (Lipinski definition) is 8. The number of nitrogens with zero attached hydrogens (tertiary/aromatic N) is 2. The van der Waals surface area contributed by atoms with Gasteiger partial charge < -0.3 is 27.9 Å². The van der Waals surface area contributed by atoms with Crippen LogP contribution >= 0.6 is 0 Å². The van der Waals surface area contributed by atoms with E-state index < -0.39 is 5.92 Å². The fourth-order valence-electron chi connectivity index (χ4n) is 4.59. The van der Waals surface area contributed by atoms with Crippen LogP contribution in [-0.2, 0) is 18.4 Å². The van der Waals surface area contributed by atoms with Crippen molar-refractivity contribution in [3.05, 3.63) is 95.2 Å². The molecule has 4 heterocycles. The first-order valence-corrected chi connectivity index (χ1v) is 11.6. The molecule has 4 aromatic rings. The molecule has 1 atom stereocenters. The maximum Gasteiger partial charge on any atom is 0.312 e. The number of allylic oxidation sites excluding steroid dienone is 1. The average molecular weight is 498 g/mol. The summed E-state index contributed by atoms with van der Waals surface area (Å²) in [5.74, 6) is 2.15. The van der Waals surface area contributed by atoms with Gasteiger partial charge >= 0.3 is 5.97 Å². The number of aromatic nitrogens is 2. The molecule has 2 aromatic carbocycles. The lowest BCUT2D eigenvalue weighted by atomic mass is 9.84. The summed E-state index contributed by atoms with van der Waals surface area (Å²) >= 11 is 0. The second-order valence-corrected chi connectivity index (χ2v) is 8.69. The fourth-order valence-corrected chi connectivity index (χ4v) is 4.59. The van der Waals surface area contributed by atoms with Crippen LogP contribution in [0.15, 0.2) is 71.3 Å². The van der Waals surface area contributed by atoms with Gasteiger partial charge in [0.15, 0.2) is 17.3 Å². The maximum absolute atomic E-state index is 13.1. The highest BCUT2D eigenvalue weighted by Crippen LogP contribution is 2.49. The summed E-state index contributed by atoms with van der Waals surface area (Å²) in [4.78, 5) is 29.9. The van der Waals surface area contributed by atoms with E-state index in [1.807, 2.05) is 29.9 Å². The molecule has 37 heavy (non-hydrogen) atoms. The van der Waals surface area contributed by atoms with Crippen LogP contribution in [0.3, 0.4) is 0 Å². The van der Waals surface area contributed by atoms with Gasteiger partial charge in [-0.25, -0.2) is 4.98 Å². The molecule has 2 aromatic heterocycles. The van der Waals surface area contributed by atoms with E-state index in [2.05, 4.69) is 4.98 Å². The molecule has 9 nitrogen and oxygen atoms in total. The molecule has 6 rings (SSSR count). The lowest BCUT2D eigenvalue weighted by molar-refractivity contribution is -0.135. The highest BCUT2D eigenvalue weighted by Gasteiger charge is 2.38. The second kappa shape index (κ2) is 9.02. The van der Waals surface area contributed by atoms with Gasteiger partial charge in [-0.1, -0.05) is 6.07 Å². The largest absolute Gasteiger partial charge is 0.493 e. The quantitative estimate of drug-likeness (QED) is 0.215. The summed E-state index contributed by atoms with van der Waals surface area (Å²) < 4.78 is 30.3. The third kappa shape index (κ3) is 4.04. The van der Waals surface area contributed by atoms with Crippen LogP contribution in [0.1, 0.15) is 45.4 Å². The Morgan fingerprint density at radius 1 is 1.14 bits per heavy atom. The van der Waals surface area contributed by atoms with Crippen molar-refractivity contribution >= 4 is 17.8 Å². The molecular formula is C28H22N2O7. The number of rotatable bonds is 6. The molecule has 0 radical (unpaired) electrons. The van der Waals surface area contributed by atoms with E-state index in [9.17, 15) is 9.59 Å². The molecule has 0 saturated carbocycles. The first-order chi connectivity index (χ1) is 18.0. The Bertz CT molecular complexity index is 1550. The fraction of sp³-hybridized carbons (Fsp3) is 0.179. The summed E-state index contributed by atoms with van der Waals surface area (Å²) in [6.45, 7) is 0.270. The number of carbonyl (C=O) groups excluding carboxylic acids is 2. The van der Waals surface area contributed by atoms with Crippen molar-refractivity contribution in [2.75, 3.05) is 7.11 Å². The first-order valence-electron chi connectivity index (χ1n) is 11.6. The van der Waals surface area contributed by atoms with Gasteiger partial charge in [0.25, 0.3) is 0 Å². The Kier molecular flexibility index (Phi) is 5.52. The normalized spacial score (nSPS) is 17.2. The van der Waals surface area contributed by atoms with Crippen molar-refractivity contribution in [3.63, 3.8) is 0 Å². The van der Waals surface area contributed by atoms with Gasteiger partial charge in [0.2, 0.25) is 5.78 Å². The minimum Gasteiger partial charge on any atom is -0.493 e. The zero-order valence-electron chi connectivity index (χ0n) is 20.1. The van der Waals surface area contributed by atoms with E-state index in [-0.39, 0.29) is 30.5 Å². The van der Waals surface area contributed by atoms with Gasteiger partial charge in [0, 0.05) is 37.0 Å². The van der Waals surface area contributed by atoms with Crippen LogP contribution < -0.4 is 18.9 Å². The number of furan rings is 1. The molecule has 0 N–H and O–H groups in total. The summed E-state index contributed by atoms with van der Waals surface area (Å²) in [6, 6.07) is 12.2. The topological polar surface area (TPSA) is 102 Å². The van der Waals surface area contributed by atoms with Crippen LogP contribution in [-0.4, -0.2) is 28.4 Å². The molecular weight excluding hydrogens is 476 g/mol. The van der Waals surface area contributed by atoms with Gasteiger partial charge in [-0.2, -0.15) is 0 Å². The predicted octanol–water partition coefficient (Wildman–Crippen LogP) is 4.66. The van der Waals surface area contributed by atoms with Crippen LogP contribution in [0.5, 0.6) is 23.0 Å². The monoisotopic (exact) mass is 498 g/mol. The van der Waals surface area contributed by atoms with Crippen molar-refractivity contribution in [2.45, 2.75) is 18.9 Å². The maximum atomic E-state index is 13.1. The number of methoxy groups -OCH3 is 1. The highest BCUT2D eigenvalue weighted by molar-refractivity contribution is 6.15. The van der Waals surface area contributed by atoms with Gasteiger partial charge in [-0.05, 0) is 42.0 Å². The number of esters is 1. The minimum absolute atomic E-state index is 0.0782. The molecule has 1 unspecified atom stereocenters. The summed E-state index contributed by atoms with van der Waals surface area (Å²) in [7, 11) is 3.45. The van der Waals surface area contributed by atoms with E-state index in [0.29, 0.717) is 39.9 Å². The van der Waals surface area contributed by atoms with Crippen molar-refractivity contribution in [2.24, 2.45) is 7.05 Å². The Morgan fingerprint density at radius 2 is 2.03 bits per heavy atom. The van der Waals surface area contributed by atoms with Gasteiger partial charge in [0.1, 0.15) is 29.7 Å². The molecule has 2 aliphatic rings. The van der Waals surface area contributed by atoms with E-state index in [0.717, 1.165) is 11.4 Å². The Morgan fingerprint density at radius 3 is 2.78 bits per heavy atom. The van der Waals surface area contributed by atoms with Crippen molar-refractivity contribution in [1.29, 1.82) is 0 Å². The van der Waals surface area contributed by atoms with Crippen LogP contribution in [0, 0.1) is 0 Å². The van der Waals surface area contributed by atoms with Crippen molar-refractivity contribution < 1.29 is 33.0 Å². The zero-order chi connectivity index (χ0) is 25.5. The van der Waals surface area contributed by atoms with E-state index in [1.165, 1.54) is 6.26 Å². The number of ether oxygens (including phenoxy) is 4. The number of hydrogen-bond donors (Lipinski definition) is 0. The molecule has 0 fully saturated rings. The lowest BCUT2D eigenvalue weighted by Gasteiger charge is -2.26. The lowest BCUT2D eigenvalue weighted by Crippen LogP contribution is -2.21. The standard InChI is InChI=1S/C28H22N2O7/c1-30-10-9-29-24(30)15-35-20-7-5-16(12-22(20)33-2)19-14-25(31)36-21-8-6-18-27(32)23(37-28(18)26(19)21)13-17-4-3-11-34-17/h3-13,19H,14-15H2,1-2H3. The molecule has 0 saturated heterocycles. The predicted molar refractivity (Wildman–Crippen MR) is 131 cm³/mol. The Labute approximate surface area is 211 Å². The van der Waals surface area contributed by atoms with Crippen LogP contribution in [0.4, 0.5) is 0 Å². The Hall–Kier alpha value is -4.79. The molecule has 0 bridgehead atoms. The molecule has 186 valence electrons. The number of Topliss-reactive ketones (excluding diaryl/α,β-unsaturated/α-hetero) is 1. The zero-order valence-corrected chi connectivity index (χ0v) is 20.1. The van der Waals surface area contributed by atoms with E-state index in [1.54, 1.807) is 49.7 Å². The van der Waals surface area contributed by atoms with Crippen molar-refractivity contribution in [3.8, 4) is 23.0 Å². The van der Waals surface area contributed by atoms with Gasteiger partial charge in [-0.15, -0.1) is 0 Å². The molecule has 0 spiro atoms. The number of benzene rings is 2. The Balaban J connectivity index is 1.36. The SMILES string of the molecule is COc1cc(C2CC(=O)Oc3ccc4c(c32)OC(=Cc2ccco2)C4=O)ccc1OCc1nccn1C. The third-order valence-electron chi connectivity index (χ3n) is 6.46. The molecule has 2 aliphatic heterocycles. The molecule has 0 amide bonds. The van der Waals surface area contributed by atoms with Gasteiger partial charge in [0.05, 0.1) is 25.4 Å². The van der Waals surface area contributed by atoms with Crippen molar-refractivity contribution in [1.82, 2.24) is 9.55 Å². The summed E-state index contributed by atoms with van der Waals surface area (Å²) in [5.41, 5.74) is 1.84. The molecule has 0 aliphatic carbocycles. The van der Waals surface area contributed by atoms with E-state index >= 15 is 0 Å². The van der Waals surface area contributed by atoms with E-state index in [4.69, 9.17) is 23.4 Å². The second-order valence-electron chi connectivity index (χ2n) is 8.69. The first kappa shape index (κ1) is 22.7. The third-order valence-corrected chi connectivity index (χ3v) is 6.46. The summed E-state index contributed by atoms with van der Waals surface area (Å²) in [6.07, 6.45) is 6.70. The summed E-state index contributed by atoms with van der Waals surface area (Å²) in [5, 5.41) is 0. The van der Waals surface area contributed by atoms with Gasteiger partial charge in [-0.3, -0.25) is 9.59 Å². The minimum atomic E-state index is -0.417. The highest BCUT2D eigenvalue weighted by atomic mass is 16.5. The average Bonchev–Trinajstić information content (AvgIpc) is 3.64. The molecule has 9 heteroatoms. The number of fused-ring (bicyclic) bond motifs is 3. The number of aryl methyl sites for hydroxylation is 1. The number of carbonyl (C=O) groups is 2. The van der Waals surface area contributed by atoms with Crippen LogP contribution in [0.2, 0.25) is 0 Å². The number of ketones is 1. The smallest absolute Gasteiger partial charge is 0.312 e. The number of imidazole rings is 1.